The molecule has 2 aromatic carbocycles. The molecule has 0 bridgehead atoms. The van der Waals surface area contributed by atoms with Crippen molar-refractivity contribution >= 4 is 10.8 Å². The largest absolute Gasteiger partial charge is 0.382 e. The summed E-state index contributed by atoms with van der Waals surface area (Å²) in [6, 6.07) is 15.5. The number of rotatable bonds is 2. The van der Waals surface area contributed by atoms with E-state index in [0.717, 1.165) is 10.8 Å². The van der Waals surface area contributed by atoms with Crippen molar-refractivity contribution in [1.29, 1.82) is 0 Å². The molecule has 3 aromatic rings. The zero-order valence-corrected chi connectivity index (χ0v) is 10.1. The van der Waals surface area contributed by atoms with Crippen molar-refractivity contribution in [1.82, 2.24) is 4.98 Å². The Balaban J connectivity index is 2.14. The summed E-state index contributed by atoms with van der Waals surface area (Å²) in [7, 11) is 0. The number of hydrogen-bond donors (Lipinski definition) is 1. The zero-order valence-electron chi connectivity index (χ0n) is 10.1. The summed E-state index contributed by atoms with van der Waals surface area (Å²) in [6.45, 7) is 0. The maximum atomic E-state index is 13.2. The molecule has 2 nitrogen and oxygen atoms in total. The molecule has 1 aromatic heterocycles. The topological polar surface area (TPSA) is 33.1 Å². The minimum Gasteiger partial charge on any atom is -0.382 e. The summed E-state index contributed by atoms with van der Waals surface area (Å²) in [6.07, 6.45) is 0.724. The minimum atomic E-state index is -0.929. The molecule has 3 heteroatoms. The van der Waals surface area contributed by atoms with Crippen LogP contribution in [0, 0.1) is 5.82 Å². The average Bonchev–Trinajstić information content (AvgIpc) is 2.46. The number of nitrogens with zero attached hydrogens (tertiary/aromatic N) is 1. The lowest BCUT2D eigenvalue weighted by Crippen LogP contribution is -2.03. The molecular weight excluding hydrogens is 241 g/mol. The molecule has 0 saturated carbocycles. The van der Waals surface area contributed by atoms with E-state index in [1.54, 1.807) is 18.3 Å². The average molecular weight is 253 g/mol. The van der Waals surface area contributed by atoms with Crippen molar-refractivity contribution in [2.24, 2.45) is 0 Å². The van der Waals surface area contributed by atoms with E-state index in [4.69, 9.17) is 0 Å². The highest BCUT2D eigenvalue weighted by molar-refractivity contribution is 5.84. The lowest BCUT2D eigenvalue weighted by molar-refractivity contribution is 0.216. The normalized spacial score (nSPS) is 12.5. The van der Waals surface area contributed by atoms with Gasteiger partial charge in [-0.15, -0.1) is 0 Å². The van der Waals surface area contributed by atoms with Gasteiger partial charge in [-0.3, -0.25) is 4.98 Å². The number of pyridine rings is 1. The van der Waals surface area contributed by atoms with Crippen molar-refractivity contribution in [3.63, 3.8) is 0 Å². The second-order valence-electron chi connectivity index (χ2n) is 4.37. The number of hydrogen-bond acceptors (Lipinski definition) is 2. The van der Waals surface area contributed by atoms with Gasteiger partial charge in [0.2, 0.25) is 0 Å². The highest BCUT2D eigenvalue weighted by Gasteiger charge is 2.15. The molecule has 0 saturated heterocycles. The highest BCUT2D eigenvalue weighted by Crippen LogP contribution is 2.27. The predicted octanol–water partition coefficient (Wildman–Crippen LogP) is 3.46. The van der Waals surface area contributed by atoms with Gasteiger partial charge in [-0.25, -0.2) is 4.39 Å². The van der Waals surface area contributed by atoms with E-state index < -0.39 is 6.10 Å². The molecule has 1 atom stereocenters. The van der Waals surface area contributed by atoms with Crippen LogP contribution in [0.2, 0.25) is 0 Å². The van der Waals surface area contributed by atoms with Crippen molar-refractivity contribution in [3.8, 4) is 0 Å². The van der Waals surface area contributed by atoms with Gasteiger partial charge in [-0.1, -0.05) is 36.4 Å². The van der Waals surface area contributed by atoms with Crippen LogP contribution in [0.25, 0.3) is 10.8 Å². The molecule has 1 N–H and O–H groups in total. The van der Waals surface area contributed by atoms with E-state index >= 15 is 0 Å². The quantitative estimate of drug-likeness (QED) is 0.758. The Hall–Kier alpha value is -2.26. The number of fused-ring (bicyclic) bond motifs is 1. The molecule has 0 aliphatic carbocycles. The summed E-state index contributed by atoms with van der Waals surface area (Å²) in [4.78, 5) is 4.24. The van der Waals surface area contributed by atoms with Crippen LogP contribution in [-0.2, 0) is 0 Å². The van der Waals surface area contributed by atoms with E-state index in [9.17, 15) is 9.50 Å². The molecule has 19 heavy (non-hydrogen) atoms. The van der Waals surface area contributed by atoms with E-state index in [1.807, 2.05) is 30.3 Å². The third kappa shape index (κ3) is 2.20. The molecule has 0 radical (unpaired) electrons. The first kappa shape index (κ1) is 11.8. The summed E-state index contributed by atoms with van der Waals surface area (Å²) < 4.78 is 13.2. The van der Waals surface area contributed by atoms with Gasteiger partial charge in [-0.2, -0.15) is 0 Å². The Morgan fingerprint density at radius 2 is 1.84 bits per heavy atom. The lowest BCUT2D eigenvalue weighted by atomic mass is 10.0. The van der Waals surface area contributed by atoms with Crippen LogP contribution in [0.1, 0.15) is 17.4 Å². The van der Waals surface area contributed by atoms with Crippen LogP contribution >= 0.6 is 0 Å². The van der Waals surface area contributed by atoms with Crippen LogP contribution in [-0.4, -0.2) is 10.1 Å². The van der Waals surface area contributed by atoms with Crippen molar-refractivity contribution in [2.75, 3.05) is 0 Å². The van der Waals surface area contributed by atoms with E-state index in [1.165, 1.54) is 12.1 Å². The fourth-order valence-electron chi connectivity index (χ4n) is 2.20. The number of halogens is 1. The zero-order chi connectivity index (χ0) is 13.2. The first-order valence-corrected chi connectivity index (χ1v) is 6.03. The molecule has 0 aliphatic heterocycles. The fourth-order valence-corrected chi connectivity index (χ4v) is 2.20. The highest BCUT2D eigenvalue weighted by atomic mass is 19.1. The molecule has 0 amide bonds. The predicted molar refractivity (Wildman–Crippen MR) is 72.2 cm³/mol. The molecular formula is C16H12FNO. The second kappa shape index (κ2) is 4.78. The van der Waals surface area contributed by atoms with Crippen LogP contribution in [0.3, 0.4) is 0 Å². The Morgan fingerprint density at radius 3 is 2.68 bits per heavy atom. The molecule has 1 heterocycles. The summed E-state index contributed by atoms with van der Waals surface area (Å²) in [5.74, 6) is -0.364. The molecule has 94 valence electrons. The van der Waals surface area contributed by atoms with Crippen molar-refractivity contribution < 1.29 is 9.50 Å². The number of aliphatic hydroxyl groups excluding tert-OH is 1. The number of benzene rings is 2. The Kier molecular flexibility index (Phi) is 2.97. The van der Waals surface area contributed by atoms with Crippen molar-refractivity contribution in [2.45, 2.75) is 6.10 Å². The van der Waals surface area contributed by atoms with Crippen molar-refractivity contribution in [3.05, 3.63) is 77.9 Å². The van der Waals surface area contributed by atoms with Gasteiger partial charge >= 0.3 is 0 Å². The first-order chi connectivity index (χ1) is 9.25. The second-order valence-corrected chi connectivity index (χ2v) is 4.37. The molecule has 1 unspecified atom stereocenters. The number of aromatic nitrogens is 1. The Labute approximate surface area is 110 Å². The van der Waals surface area contributed by atoms with Crippen LogP contribution in [0.5, 0.6) is 0 Å². The van der Waals surface area contributed by atoms with Gasteiger partial charge in [0.15, 0.2) is 0 Å². The standard InChI is InChI=1S/C16H12FNO/c17-13-6-3-5-12(10-13)16(19)15-14-7-2-1-4-11(14)8-9-18-15/h1-10,16,19H. The molecule has 0 fully saturated rings. The third-order valence-corrected chi connectivity index (χ3v) is 3.13. The maximum Gasteiger partial charge on any atom is 0.123 e. The molecule has 0 spiro atoms. The number of aliphatic hydroxyl groups is 1. The summed E-state index contributed by atoms with van der Waals surface area (Å²) >= 11 is 0. The Morgan fingerprint density at radius 1 is 1.00 bits per heavy atom. The fraction of sp³-hybridized carbons (Fsp3) is 0.0625. The first-order valence-electron chi connectivity index (χ1n) is 6.03. The van der Waals surface area contributed by atoms with Crippen LogP contribution in [0.4, 0.5) is 4.39 Å². The van der Waals surface area contributed by atoms with Gasteiger partial charge in [-0.05, 0) is 29.1 Å². The van der Waals surface area contributed by atoms with E-state index in [2.05, 4.69) is 4.98 Å². The minimum absolute atomic E-state index is 0.364. The maximum absolute atomic E-state index is 13.2. The molecule has 0 aliphatic rings. The summed E-state index contributed by atoms with van der Waals surface area (Å²) in [5, 5.41) is 12.3. The lowest BCUT2D eigenvalue weighted by Gasteiger charge is -2.13. The van der Waals surface area contributed by atoms with Crippen LogP contribution < -0.4 is 0 Å². The Bertz CT molecular complexity index is 721. The third-order valence-electron chi connectivity index (χ3n) is 3.13. The van der Waals surface area contributed by atoms with Gasteiger partial charge in [0, 0.05) is 11.6 Å². The van der Waals surface area contributed by atoms with E-state index in [0.29, 0.717) is 11.3 Å². The SMILES string of the molecule is OC(c1cccc(F)c1)c1nccc2ccccc12. The van der Waals surface area contributed by atoms with E-state index in [-0.39, 0.29) is 5.82 Å². The smallest absolute Gasteiger partial charge is 0.123 e. The van der Waals surface area contributed by atoms with Gasteiger partial charge in [0.25, 0.3) is 0 Å². The van der Waals surface area contributed by atoms with Crippen LogP contribution in [0.15, 0.2) is 60.8 Å². The molecule has 3 rings (SSSR count). The van der Waals surface area contributed by atoms with Gasteiger partial charge in [0.05, 0.1) is 5.69 Å². The summed E-state index contributed by atoms with van der Waals surface area (Å²) in [5.41, 5.74) is 1.05. The van der Waals surface area contributed by atoms with Gasteiger partial charge in [0.1, 0.15) is 11.9 Å². The monoisotopic (exact) mass is 253 g/mol. The van der Waals surface area contributed by atoms with Gasteiger partial charge < -0.3 is 5.11 Å².